The standard InChI is InChI=1S/C21H30N2O5S/c1-15-9-11-17(12-10-15)29(27,28)23-13-5-8-19(23)20(24)22-18(21(25)26)14-16-6-3-2-4-7-16/h9-12,16,18-19H,2-8,13-14H2,1H3,(H,22,24)(H,25,26)/t18-,19-/m0/s1. The van der Waals surface area contributed by atoms with Gasteiger partial charge in [0, 0.05) is 6.54 Å². The Morgan fingerprint density at radius 1 is 1.10 bits per heavy atom. The molecule has 160 valence electrons. The number of amides is 1. The molecule has 7 nitrogen and oxygen atoms in total. The summed E-state index contributed by atoms with van der Waals surface area (Å²) >= 11 is 0. The number of carboxylic acids is 1. The minimum absolute atomic E-state index is 0.153. The molecule has 0 aromatic heterocycles. The maximum absolute atomic E-state index is 13.0. The van der Waals surface area contributed by atoms with E-state index in [1.54, 1.807) is 24.3 Å². The third kappa shape index (κ3) is 5.17. The number of carboxylic acid groups (broad SMARTS) is 1. The molecule has 3 rings (SSSR count). The predicted octanol–water partition coefficient (Wildman–Crippen LogP) is 2.69. The molecule has 29 heavy (non-hydrogen) atoms. The Hall–Kier alpha value is -1.93. The van der Waals surface area contributed by atoms with Crippen LogP contribution in [0.2, 0.25) is 0 Å². The van der Waals surface area contributed by atoms with Gasteiger partial charge in [0.1, 0.15) is 12.1 Å². The van der Waals surface area contributed by atoms with Crippen LogP contribution in [0.5, 0.6) is 0 Å². The quantitative estimate of drug-likeness (QED) is 0.703. The van der Waals surface area contributed by atoms with Gasteiger partial charge in [0.15, 0.2) is 0 Å². The van der Waals surface area contributed by atoms with Crippen LogP contribution in [0.4, 0.5) is 0 Å². The fourth-order valence-electron chi connectivity index (χ4n) is 4.38. The summed E-state index contributed by atoms with van der Waals surface area (Å²) in [5.74, 6) is -1.28. The van der Waals surface area contributed by atoms with Gasteiger partial charge < -0.3 is 10.4 Å². The van der Waals surface area contributed by atoms with Crippen molar-refractivity contribution in [3.8, 4) is 0 Å². The van der Waals surface area contributed by atoms with Gasteiger partial charge in [-0.3, -0.25) is 4.79 Å². The zero-order chi connectivity index (χ0) is 21.0. The number of sulfonamides is 1. The van der Waals surface area contributed by atoms with Crippen LogP contribution in [0.3, 0.4) is 0 Å². The summed E-state index contributed by atoms with van der Waals surface area (Å²) in [7, 11) is -3.81. The highest BCUT2D eigenvalue weighted by atomic mass is 32.2. The van der Waals surface area contributed by atoms with E-state index >= 15 is 0 Å². The van der Waals surface area contributed by atoms with Crippen LogP contribution in [0.25, 0.3) is 0 Å². The van der Waals surface area contributed by atoms with Crippen molar-refractivity contribution in [2.45, 2.75) is 75.3 Å². The lowest BCUT2D eigenvalue weighted by molar-refractivity contribution is -0.142. The Labute approximate surface area is 172 Å². The smallest absolute Gasteiger partial charge is 0.326 e. The van der Waals surface area contributed by atoms with Crippen molar-refractivity contribution in [1.82, 2.24) is 9.62 Å². The lowest BCUT2D eigenvalue weighted by Crippen LogP contribution is -2.51. The summed E-state index contributed by atoms with van der Waals surface area (Å²) in [5, 5.41) is 12.2. The maximum Gasteiger partial charge on any atom is 0.326 e. The molecule has 1 aliphatic heterocycles. The Kier molecular flexibility index (Phi) is 6.95. The molecule has 1 aliphatic carbocycles. The highest BCUT2D eigenvalue weighted by Crippen LogP contribution is 2.29. The molecular formula is C21H30N2O5S. The number of carbonyl (C=O) groups is 2. The van der Waals surface area contributed by atoms with E-state index in [4.69, 9.17) is 0 Å². The fraction of sp³-hybridized carbons (Fsp3) is 0.619. The van der Waals surface area contributed by atoms with E-state index in [0.717, 1.165) is 31.2 Å². The average molecular weight is 423 g/mol. The highest BCUT2D eigenvalue weighted by molar-refractivity contribution is 7.89. The van der Waals surface area contributed by atoms with Crippen molar-refractivity contribution >= 4 is 21.9 Å². The molecule has 2 N–H and O–H groups in total. The number of rotatable bonds is 7. The van der Waals surface area contributed by atoms with Crippen LogP contribution in [0.1, 0.15) is 56.9 Å². The highest BCUT2D eigenvalue weighted by Gasteiger charge is 2.40. The number of hydrogen-bond acceptors (Lipinski definition) is 4. The summed E-state index contributed by atoms with van der Waals surface area (Å²) in [6.45, 7) is 2.13. The van der Waals surface area contributed by atoms with Crippen LogP contribution in [-0.2, 0) is 19.6 Å². The topological polar surface area (TPSA) is 104 Å². The summed E-state index contributed by atoms with van der Waals surface area (Å²) in [5.41, 5.74) is 0.951. The number of carbonyl (C=O) groups excluding carboxylic acids is 1. The Morgan fingerprint density at radius 3 is 2.38 bits per heavy atom. The van der Waals surface area contributed by atoms with Crippen LogP contribution in [0.15, 0.2) is 29.2 Å². The molecule has 2 aliphatic rings. The van der Waals surface area contributed by atoms with E-state index in [-0.39, 0.29) is 11.4 Å². The van der Waals surface area contributed by atoms with E-state index in [9.17, 15) is 23.1 Å². The van der Waals surface area contributed by atoms with E-state index in [1.807, 2.05) is 6.92 Å². The zero-order valence-electron chi connectivity index (χ0n) is 16.8. The van der Waals surface area contributed by atoms with Crippen LogP contribution >= 0.6 is 0 Å². The van der Waals surface area contributed by atoms with Gasteiger partial charge in [-0.25, -0.2) is 13.2 Å². The molecule has 0 radical (unpaired) electrons. The van der Waals surface area contributed by atoms with E-state index in [0.29, 0.717) is 25.2 Å². The number of aryl methyl sites for hydroxylation is 1. The lowest BCUT2D eigenvalue weighted by Gasteiger charge is -2.28. The van der Waals surface area contributed by atoms with E-state index < -0.39 is 34.0 Å². The SMILES string of the molecule is Cc1ccc(S(=O)(=O)N2CCC[C@H]2C(=O)N[C@@H](CC2CCCCC2)C(=O)O)cc1. The van der Waals surface area contributed by atoms with Crippen molar-refractivity contribution in [3.05, 3.63) is 29.8 Å². The van der Waals surface area contributed by atoms with Crippen molar-refractivity contribution in [2.75, 3.05) is 6.54 Å². The van der Waals surface area contributed by atoms with Gasteiger partial charge in [0.25, 0.3) is 0 Å². The van der Waals surface area contributed by atoms with Crippen LogP contribution in [-0.4, -0.2) is 48.3 Å². The molecule has 1 amide bonds. The van der Waals surface area contributed by atoms with Gasteiger partial charge in [-0.15, -0.1) is 0 Å². The van der Waals surface area contributed by atoms with Gasteiger partial charge in [-0.1, -0.05) is 49.8 Å². The first-order valence-electron chi connectivity index (χ1n) is 10.4. The van der Waals surface area contributed by atoms with Crippen molar-refractivity contribution in [1.29, 1.82) is 0 Å². The van der Waals surface area contributed by atoms with Gasteiger partial charge in [-0.05, 0) is 44.2 Å². The monoisotopic (exact) mass is 422 g/mol. The fourth-order valence-corrected chi connectivity index (χ4v) is 6.04. The molecular weight excluding hydrogens is 392 g/mol. The number of benzene rings is 1. The molecule has 1 aromatic rings. The number of hydrogen-bond donors (Lipinski definition) is 2. The molecule has 2 fully saturated rings. The van der Waals surface area contributed by atoms with E-state index in [1.165, 1.54) is 10.7 Å². The van der Waals surface area contributed by atoms with Gasteiger partial charge in [0.05, 0.1) is 4.90 Å². The normalized spacial score (nSPS) is 22.3. The predicted molar refractivity (Wildman–Crippen MR) is 109 cm³/mol. The molecule has 8 heteroatoms. The first kappa shape index (κ1) is 21.8. The average Bonchev–Trinajstić information content (AvgIpc) is 3.19. The molecule has 1 heterocycles. The zero-order valence-corrected chi connectivity index (χ0v) is 17.7. The number of aliphatic carboxylic acids is 1. The minimum atomic E-state index is -3.81. The summed E-state index contributed by atoms with van der Waals surface area (Å²) in [6, 6.07) is 4.69. The Bertz CT molecular complexity index is 831. The summed E-state index contributed by atoms with van der Waals surface area (Å²) in [6.07, 6.45) is 6.70. The van der Waals surface area contributed by atoms with Crippen LogP contribution in [0, 0.1) is 12.8 Å². The molecule has 0 bridgehead atoms. The number of nitrogens with zero attached hydrogens (tertiary/aromatic N) is 1. The molecule has 1 saturated carbocycles. The Balaban J connectivity index is 1.71. The molecule has 0 spiro atoms. The molecule has 0 unspecified atom stereocenters. The van der Waals surface area contributed by atoms with Gasteiger partial charge >= 0.3 is 5.97 Å². The van der Waals surface area contributed by atoms with Gasteiger partial charge in [-0.2, -0.15) is 4.31 Å². The molecule has 2 atom stereocenters. The third-order valence-corrected chi connectivity index (χ3v) is 7.96. The largest absolute Gasteiger partial charge is 0.480 e. The second kappa shape index (κ2) is 9.26. The second-order valence-electron chi connectivity index (χ2n) is 8.23. The van der Waals surface area contributed by atoms with Crippen molar-refractivity contribution in [2.24, 2.45) is 5.92 Å². The van der Waals surface area contributed by atoms with Crippen molar-refractivity contribution in [3.63, 3.8) is 0 Å². The lowest BCUT2D eigenvalue weighted by atomic mass is 9.85. The molecule has 1 saturated heterocycles. The second-order valence-corrected chi connectivity index (χ2v) is 10.1. The first-order chi connectivity index (χ1) is 13.8. The maximum atomic E-state index is 13.0. The van der Waals surface area contributed by atoms with Crippen molar-refractivity contribution < 1.29 is 23.1 Å². The van der Waals surface area contributed by atoms with E-state index in [2.05, 4.69) is 5.32 Å². The third-order valence-electron chi connectivity index (χ3n) is 6.04. The minimum Gasteiger partial charge on any atom is -0.480 e. The number of nitrogens with one attached hydrogen (secondary N) is 1. The Morgan fingerprint density at radius 2 is 1.76 bits per heavy atom. The summed E-state index contributed by atoms with van der Waals surface area (Å²) in [4.78, 5) is 24.7. The van der Waals surface area contributed by atoms with Gasteiger partial charge in [0.2, 0.25) is 15.9 Å². The first-order valence-corrected chi connectivity index (χ1v) is 11.8. The summed E-state index contributed by atoms with van der Waals surface area (Å²) < 4.78 is 27.3. The molecule has 1 aromatic carbocycles. The van der Waals surface area contributed by atoms with Crippen LogP contribution < -0.4 is 5.32 Å².